The molecule has 0 bridgehead atoms. The van der Waals surface area contributed by atoms with Gasteiger partial charge in [-0.2, -0.15) is 0 Å². The van der Waals surface area contributed by atoms with Crippen molar-refractivity contribution >= 4 is 44.9 Å². The third kappa shape index (κ3) is 3.78. The highest BCUT2D eigenvalue weighted by Crippen LogP contribution is 2.23. The minimum atomic E-state index is -0.353. The summed E-state index contributed by atoms with van der Waals surface area (Å²) >= 11 is 14.9. The number of halogens is 4. The second kappa shape index (κ2) is 6.04. The molecule has 0 saturated carbocycles. The fourth-order valence-corrected chi connectivity index (χ4v) is 2.67. The molecular formula is C14H8BrCl2FO. The van der Waals surface area contributed by atoms with Crippen LogP contribution in [-0.4, -0.2) is 5.78 Å². The molecule has 0 aliphatic heterocycles. The van der Waals surface area contributed by atoms with Gasteiger partial charge in [-0.25, -0.2) is 4.39 Å². The molecule has 0 fully saturated rings. The molecule has 98 valence electrons. The molecule has 0 amide bonds. The van der Waals surface area contributed by atoms with Crippen LogP contribution in [0.15, 0.2) is 40.9 Å². The lowest BCUT2D eigenvalue weighted by Crippen LogP contribution is -2.04. The first kappa shape index (κ1) is 14.5. The molecule has 0 unspecified atom stereocenters. The number of carbonyl (C=O) groups is 1. The quantitative estimate of drug-likeness (QED) is 0.676. The SMILES string of the molecule is O=C(Cc1ccc(F)cc1Br)c1cc(Cl)cc(Cl)c1. The summed E-state index contributed by atoms with van der Waals surface area (Å²) in [4.78, 5) is 12.1. The van der Waals surface area contributed by atoms with Gasteiger partial charge in [0, 0.05) is 26.5 Å². The Hall–Kier alpha value is -0.900. The van der Waals surface area contributed by atoms with Crippen molar-refractivity contribution in [3.05, 3.63) is 67.9 Å². The van der Waals surface area contributed by atoms with Crippen LogP contribution >= 0.6 is 39.1 Å². The number of hydrogen-bond acceptors (Lipinski definition) is 1. The van der Waals surface area contributed by atoms with Gasteiger partial charge in [0.1, 0.15) is 5.82 Å². The molecule has 0 aliphatic carbocycles. The van der Waals surface area contributed by atoms with Crippen LogP contribution in [-0.2, 0) is 6.42 Å². The number of carbonyl (C=O) groups excluding carboxylic acids is 1. The van der Waals surface area contributed by atoms with Crippen LogP contribution in [0.5, 0.6) is 0 Å². The topological polar surface area (TPSA) is 17.1 Å². The molecule has 0 aromatic heterocycles. The van der Waals surface area contributed by atoms with Crippen LogP contribution in [0.25, 0.3) is 0 Å². The first-order valence-electron chi connectivity index (χ1n) is 5.39. The highest BCUT2D eigenvalue weighted by Gasteiger charge is 2.11. The summed E-state index contributed by atoms with van der Waals surface area (Å²) in [6.45, 7) is 0. The number of ketones is 1. The average Bonchev–Trinajstić information content (AvgIpc) is 2.31. The molecule has 0 atom stereocenters. The molecule has 19 heavy (non-hydrogen) atoms. The standard InChI is InChI=1S/C14H8BrCl2FO/c15-13-7-12(18)2-1-8(13)5-14(19)9-3-10(16)6-11(17)4-9/h1-4,6-7H,5H2. The Morgan fingerprint density at radius 2 is 1.74 bits per heavy atom. The van der Waals surface area contributed by atoms with E-state index in [1.54, 1.807) is 24.3 Å². The Kier molecular flexibility index (Phi) is 4.61. The van der Waals surface area contributed by atoms with Crippen molar-refractivity contribution in [3.8, 4) is 0 Å². The Bertz CT molecular complexity index is 623. The molecule has 2 aromatic carbocycles. The maximum Gasteiger partial charge on any atom is 0.167 e. The third-order valence-electron chi connectivity index (χ3n) is 2.55. The van der Waals surface area contributed by atoms with Gasteiger partial charge in [-0.1, -0.05) is 45.2 Å². The van der Waals surface area contributed by atoms with Crippen LogP contribution in [0.1, 0.15) is 15.9 Å². The number of Topliss-reactive ketones (excluding diaryl/α,β-unsaturated/α-hetero) is 1. The van der Waals surface area contributed by atoms with Gasteiger partial charge in [-0.05, 0) is 35.9 Å². The summed E-state index contributed by atoms with van der Waals surface area (Å²) in [7, 11) is 0. The Balaban J connectivity index is 2.25. The van der Waals surface area contributed by atoms with E-state index >= 15 is 0 Å². The van der Waals surface area contributed by atoms with E-state index in [9.17, 15) is 9.18 Å². The number of hydrogen-bond donors (Lipinski definition) is 0. The van der Waals surface area contributed by atoms with E-state index in [2.05, 4.69) is 15.9 Å². The molecule has 0 heterocycles. The maximum absolute atomic E-state index is 13.0. The lowest BCUT2D eigenvalue weighted by atomic mass is 10.0. The zero-order chi connectivity index (χ0) is 14.0. The molecular weight excluding hydrogens is 354 g/mol. The maximum atomic E-state index is 13.0. The molecule has 5 heteroatoms. The highest BCUT2D eigenvalue weighted by molar-refractivity contribution is 9.10. The number of benzene rings is 2. The van der Waals surface area contributed by atoms with Crippen molar-refractivity contribution in [2.24, 2.45) is 0 Å². The minimum absolute atomic E-state index is 0.128. The van der Waals surface area contributed by atoms with Crippen molar-refractivity contribution < 1.29 is 9.18 Å². The largest absolute Gasteiger partial charge is 0.294 e. The predicted molar refractivity (Wildman–Crippen MR) is 78.6 cm³/mol. The fraction of sp³-hybridized carbons (Fsp3) is 0.0714. The summed E-state index contributed by atoms with van der Waals surface area (Å²) in [5, 5.41) is 0.822. The monoisotopic (exact) mass is 360 g/mol. The van der Waals surface area contributed by atoms with Crippen molar-refractivity contribution in [1.82, 2.24) is 0 Å². The van der Waals surface area contributed by atoms with Gasteiger partial charge in [0.05, 0.1) is 0 Å². The minimum Gasteiger partial charge on any atom is -0.294 e. The summed E-state index contributed by atoms with van der Waals surface area (Å²) in [6.07, 6.45) is 0.150. The molecule has 2 rings (SSSR count). The van der Waals surface area contributed by atoms with Gasteiger partial charge < -0.3 is 0 Å². The predicted octanol–water partition coefficient (Wildman–Crippen LogP) is 5.32. The van der Waals surface area contributed by atoms with Gasteiger partial charge >= 0.3 is 0 Å². The van der Waals surface area contributed by atoms with Crippen molar-refractivity contribution in [2.45, 2.75) is 6.42 Å². The lowest BCUT2D eigenvalue weighted by molar-refractivity contribution is 0.0992. The second-order valence-corrected chi connectivity index (χ2v) is 5.72. The van der Waals surface area contributed by atoms with Crippen molar-refractivity contribution in [3.63, 3.8) is 0 Å². The highest BCUT2D eigenvalue weighted by atomic mass is 79.9. The summed E-state index contributed by atoms with van der Waals surface area (Å²) < 4.78 is 13.5. The van der Waals surface area contributed by atoms with Crippen LogP contribution in [0.3, 0.4) is 0 Å². The van der Waals surface area contributed by atoms with Gasteiger partial charge in [-0.3, -0.25) is 4.79 Å². The Morgan fingerprint density at radius 3 is 2.32 bits per heavy atom. The van der Waals surface area contributed by atoms with E-state index in [0.29, 0.717) is 25.6 Å². The number of rotatable bonds is 3. The molecule has 0 N–H and O–H groups in total. The van der Waals surface area contributed by atoms with E-state index in [1.165, 1.54) is 12.1 Å². The Labute approximate surface area is 128 Å². The zero-order valence-corrected chi connectivity index (χ0v) is 12.7. The fourth-order valence-electron chi connectivity index (χ4n) is 1.65. The molecule has 0 aliphatic rings. The van der Waals surface area contributed by atoms with Gasteiger partial charge in [0.2, 0.25) is 0 Å². The first-order valence-corrected chi connectivity index (χ1v) is 6.94. The third-order valence-corrected chi connectivity index (χ3v) is 3.73. The van der Waals surface area contributed by atoms with Crippen LogP contribution in [0.2, 0.25) is 10.0 Å². The van der Waals surface area contributed by atoms with Crippen LogP contribution in [0, 0.1) is 5.82 Å². The van der Waals surface area contributed by atoms with Gasteiger partial charge in [0.25, 0.3) is 0 Å². The normalized spacial score (nSPS) is 10.5. The van der Waals surface area contributed by atoms with E-state index < -0.39 is 0 Å². The van der Waals surface area contributed by atoms with Crippen molar-refractivity contribution in [2.75, 3.05) is 0 Å². The summed E-state index contributed by atoms with van der Waals surface area (Å²) in [6, 6.07) is 8.91. The molecule has 2 aromatic rings. The van der Waals surface area contributed by atoms with E-state index in [4.69, 9.17) is 23.2 Å². The van der Waals surface area contributed by atoms with E-state index in [0.717, 1.165) is 0 Å². The Morgan fingerprint density at radius 1 is 1.11 bits per heavy atom. The van der Waals surface area contributed by atoms with E-state index in [-0.39, 0.29) is 18.0 Å². The molecule has 1 nitrogen and oxygen atoms in total. The smallest absolute Gasteiger partial charge is 0.167 e. The van der Waals surface area contributed by atoms with Crippen molar-refractivity contribution in [1.29, 1.82) is 0 Å². The van der Waals surface area contributed by atoms with E-state index in [1.807, 2.05) is 0 Å². The average molecular weight is 362 g/mol. The van der Waals surface area contributed by atoms with Gasteiger partial charge in [-0.15, -0.1) is 0 Å². The zero-order valence-electron chi connectivity index (χ0n) is 9.59. The summed E-state index contributed by atoms with van der Waals surface area (Å²) in [5.74, 6) is -0.481. The van der Waals surface area contributed by atoms with Crippen LogP contribution < -0.4 is 0 Å². The first-order chi connectivity index (χ1) is 8.95. The van der Waals surface area contributed by atoms with Gasteiger partial charge in [0.15, 0.2) is 5.78 Å². The molecule has 0 radical (unpaired) electrons. The summed E-state index contributed by atoms with van der Waals surface area (Å²) in [5.41, 5.74) is 1.15. The molecule has 0 spiro atoms. The van der Waals surface area contributed by atoms with Crippen LogP contribution in [0.4, 0.5) is 4.39 Å². The second-order valence-electron chi connectivity index (χ2n) is 3.99. The molecule has 0 saturated heterocycles. The lowest BCUT2D eigenvalue weighted by Gasteiger charge is -2.05.